The van der Waals surface area contributed by atoms with Crippen LogP contribution in [0.5, 0.6) is 5.75 Å². The van der Waals surface area contributed by atoms with E-state index < -0.39 is 0 Å². The fraction of sp³-hybridized carbons (Fsp3) is 0.391. The van der Waals surface area contributed by atoms with E-state index in [2.05, 4.69) is 38.1 Å². The minimum Gasteiger partial charge on any atom is -0.508 e. The Morgan fingerprint density at radius 3 is 2.44 bits per heavy atom. The van der Waals surface area contributed by atoms with E-state index in [0.29, 0.717) is 30.8 Å². The summed E-state index contributed by atoms with van der Waals surface area (Å²) in [6.07, 6.45) is 7.53. The zero-order valence-corrected chi connectivity index (χ0v) is 15.4. The van der Waals surface area contributed by atoms with Gasteiger partial charge in [0.15, 0.2) is 0 Å². The highest BCUT2D eigenvalue weighted by Gasteiger charge is 2.09. The molecule has 134 valence electrons. The number of allylic oxidation sites excluding steroid dienone is 1. The monoisotopic (exact) mass is 338 g/mol. The van der Waals surface area contributed by atoms with Gasteiger partial charge in [-0.15, -0.1) is 0 Å². The molecular weight excluding hydrogens is 308 g/mol. The Labute approximate surface area is 152 Å². The van der Waals surface area contributed by atoms with Gasteiger partial charge in [-0.2, -0.15) is 0 Å². The van der Waals surface area contributed by atoms with Gasteiger partial charge in [0, 0.05) is 0 Å². The minimum absolute atomic E-state index is 0.404. The number of rotatable bonds is 10. The number of para-hydroxylation sites is 1. The van der Waals surface area contributed by atoms with Gasteiger partial charge in [-0.3, -0.25) is 0 Å². The summed E-state index contributed by atoms with van der Waals surface area (Å²) in [6.45, 7) is 5.80. The molecule has 1 N–H and O–H groups in total. The smallest absolute Gasteiger partial charge is 0.118 e. The van der Waals surface area contributed by atoms with Crippen molar-refractivity contribution in [3.63, 3.8) is 0 Å². The van der Waals surface area contributed by atoms with Crippen LogP contribution in [0.25, 0.3) is 0 Å². The van der Waals surface area contributed by atoms with Crippen molar-refractivity contribution in [2.75, 3.05) is 6.61 Å². The van der Waals surface area contributed by atoms with Crippen LogP contribution in [0.2, 0.25) is 0 Å². The summed E-state index contributed by atoms with van der Waals surface area (Å²) in [7, 11) is 0. The summed E-state index contributed by atoms with van der Waals surface area (Å²) in [5.41, 5.74) is 2.24. The lowest BCUT2D eigenvalue weighted by atomic mass is 9.91. The summed E-state index contributed by atoms with van der Waals surface area (Å²) < 4.78 is 5.73. The summed E-state index contributed by atoms with van der Waals surface area (Å²) in [6, 6.07) is 17.9. The molecule has 2 rings (SSSR count). The predicted molar refractivity (Wildman–Crippen MR) is 105 cm³/mol. The number of ether oxygens (including phenoxy) is 1. The first-order valence-corrected chi connectivity index (χ1v) is 9.20. The van der Waals surface area contributed by atoms with Crippen LogP contribution in [-0.2, 0) is 17.8 Å². The van der Waals surface area contributed by atoms with E-state index in [0.717, 1.165) is 24.8 Å². The van der Waals surface area contributed by atoms with Crippen LogP contribution in [-0.4, -0.2) is 11.7 Å². The van der Waals surface area contributed by atoms with Crippen molar-refractivity contribution in [2.45, 2.75) is 39.7 Å². The molecule has 25 heavy (non-hydrogen) atoms. The highest BCUT2D eigenvalue weighted by molar-refractivity contribution is 5.31. The molecule has 2 heteroatoms. The van der Waals surface area contributed by atoms with Crippen molar-refractivity contribution in [1.29, 1.82) is 0 Å². The summed E-state index contributed by atoms with van der Waals surface area (Å²) >= 11 is 0. The second-order valence-electron chi connectivity index (χ2n) is 6.99. The van der Waals surface area contributed by atoms with E-state index in [9.17, 15) is 5.11 Å². The largest absolute Gasteiger partial charge is 0.508 e. The fourth-order valence-corrected chi connectivity index (χ4v) is 3.03. The van der Waals surface area contributed by atoms with Crippen molar-refractivity contribution < 1.29 is 9.84 Å². The Bertz CT molecular complexity index is 632. The Balaban J connectivity index is 1.79. The third-order valence-electron chi connectivity index (χ3n) is 4.28. The highest BCUT2D eigenvalue weighted by atomic mass is 16.5. The second-order valence-corrected chi connectivity index (χ2v) is 6.99. The number of aryl methyl sites for hydroxylation is 1. The molecular formula is C23H30O2. The number of aromatic hydroxyl groups is 1. The zero-order chi connectivity index (χ0) is 17.9. The molecule has 0 bridgehead atoms. The van der Waals surface area contributed by atoms with Crippen LogP contribution >= 0.6 is 0 Å². The van der Waals surface area contributed by atoms with Gasteiger partial charge >= 0.3 is 0 Å². The lowest BCUT2D eigenvalue weighted by molar-refractivity contribution is 0.148. The molecule has 0 amide bonds. The quantitative estimate of drug-likeness (QED) is 0.441. The van der Waals surface area contributed by atoms with Gasteiger partial charge in [0.2, 0.25) is 0 Å². The Kier molecular flexibility index (Phi) is 8.27. The van der Waals surface area contributed by atoms with Crippen LogP contribution in [0.3, 0.4) is 0 Å². The van der Waals surface area contributed by atoms with E-state index in [1.165, 1.54) is 5.56 Å². The molecule has 0 unspecified atom stereocenters. The van der Waals surface area contributed by atoms with Gasteiger partial charge in [0.05, 0.1) is 13.2 Å². The molecule has 2 aromatic carbocycles. The number of hydrogen-bond donors (Lipinski definition) is 1. The van der Waals surface area contributed by atoms with Gasteiger partial charge < -0.3 is 9.84 Å². The summed E-state index contributed by atoms with van der Waals surface area (Å²) in [4.78, 5) is 0. The van der Waals surface area contributed by atoms with Crippen molar-refractivity contribution in [3.8, 4) is 5.75 Å². The van der Waals surface area contributed by atoms with Crippen molar-refractivity contribution in [2.24, 2.45) is 11.8 Å². The van der Waals surface area contributed by atoms with Gasteiger partial charge in [-0.05, 0) is 48.3 Å². The topological polar surface area (TPSA) is 29.5 Å². The van der Waals surface area contributed by atoms with Crippen molar-refractivity contribution in [1.82, 2.24) is 0 Å². The van der Waals surface area contributed by atoms with Gasteiger partial charge in [-0.25, -0.2) is 0 Å². The summed E-state index contributed by atoms with van der Waals surface area (Å²) in [5, 5.41) is 9.92. The first-order valence-electron chi connectivity index (χ1n) is 9.20. The molecule has 0 fully saturated rings. The average molecular weight is 338 g/mol. The Morgan fingerprint density at radius 1 is 1.00 bits per heavy atom. The van der Waals surface area contributed by atoms with E-state index in [1.807, 2.05) is 36.4 Å². The lowest BCUT2D eigenvalue weighted by Gasteiger charge is -2.16. The minimum atomic E-state index is 0.404. The molecule has 2 nitrogen and oxygen atoms in total. The Morgan fingerprint density at radius 2 is 1.72 bits per heavy atom. The number of hydrogen-bond acceptors (Lipinski definition) is 2. The third kappa shape index (κ3) is 7.57. The van der Waals surface area contributed by atoms with Crippen molar-refractivity contribution in [3.05, 3.63) is 77.9 Å². The van der Waals surface area contributed by atoms with Crippen LogP contribution < -0.4 is 0 Å². The molecule has 0 aliphatic carbocycles. The number of phenolic OH excluding ortho intramolecular Hbond substituents is 1. The maximum atomic E-state index is 9.92. The standard InChI is InChI=1S/C23H30O2/c1-19(2)17-20(14-15-22-12-6-7-13-23(22)24)11-8-16-25-18-21-9-4-3-5-10-21/h3-13,19-20,24H,14-18H2,1-2H3/b11-8+/t20-/m0/s1. The SMILES string of the molecule is CC(C)C[C@@H](/C=C/COCc1ccccc1)CCc1ccccc1O. The zero-order valence-electron chi connectivity index (χ0n) is 15.4. The van der Waals surface area contributed by atoms with E-state index in [1.54, 1.807) is 6.07 Å². The predicted octanol–water partition coefficient (Wildman–Crippen LogP) is 5.76. The molecule has 0 heterocycles. The third-order valence-corrected chi connectivity index (χ3v) is 4.28. The molecule has 0 saturated carbocycles. The number of phenols is 1. The first kappa shape index (κ1) is 19.3. The molecule has 0 spiro atoms. The molecule has 2 aromatic rings. The highest BCUT2D eigenvalue weighted by Crippen LogP contribution is 2.23. The maximum Gasteiger partial charge on any atom is 0.118 e. The van der Waals surface area contributed by atoms with Gasteiger partial charge in [0.1, 0.15) is 5.75 Å². The van der Waals surface area contributed by atoms with Gasteiger partial charge in [-0.1, -0.05) is 74.5 Å². The normalized spacial score (nSPS) is 12.8. The van der Waals surface area contributed by atoms with E-state index in [4.69, 9.17) is 4.74 Å². The second kappa shape index (κ2) is 10.7. The Hall–Kier alpha value is -2.06. The number of benzene rings is 2. The van der Waals surface area contributed by atoms with Crippen LogP contribution in [0.1, 0.15) is 37.8 Å². The molecule has 0 aliphatic rings. The van der Waals surface area contributed by atoms with Crippen molar-refractivity contribution >= 4 is 0 Å². The van der Waals surface area contributed by atoms with Crippen LogP contribution in [0, 0.1) is 11.8 Å². The lowest BCUT2D eigenvalue weighted by Crippen LogP contribution is -2.04. The maximum absolute atomic E-state index is 9.92. The molecule has 1 atom stereocenters. The molecule has 0 radical (unpaired) electrons. The average Bonchev–Trinajstić information content (AvgIpc) is 2.61. The molecule has 0 aromatic heterocycles. The van der Waals surface area contributed by atoms with Crippen LogP contribution in [0.4, 0.5) is 0 Å². The summed E-state index contributed by atoms with van der Waals surface area (Å²) in [5.74, 6) is 1.57. The first-order chi connectivity index (χ1) is 12.1. The van der Waals surface area contributed by atoms with Gasteiger partial charge in [0.25, 0.3) is 0 Å². The fourth-order valence-electron chi connectivity index (χ4n) is 3.03. The van der Waals surface area contributed by atoms with Crippen LogP contribution in [0.15, 0.2) is 66.7 Å². The molecule has 0 aliphatic heterocycles. The van der Waals surface area contributed by atoms with E-state index >= 15 is 0 Å². The molecule has 0 saturated heterocycles. The van der Waals surface area contributed by atoms with E-state index in [-0.39, 0.29) is 0 Å².